The number of hydrogen-bond donors (Lipinski definition) is 0. The van der Waals surface area contributed by atoms with Crippen molar-refractivity contribution in [1.29, 1.82) is 0 Å². The van der Waals surface area contributed by atoms with Crippen LogP contribution in [0.3, 0.4) is 0 Å². The first-order valence-corrected chi connectivity index (χ1v) is 6.81. The number of unbranched alkanes of at least 4 members (excludes halogenated alkanes) is 1. The normalized spacial score (nSPS) is 12.4. The summed E-state index contributed by atoms with van der Waals surface area (Å²) in [4.78, 5) is -0.780. The summed E-state index contributed by atoms with van der Waals surface area (Å²) in [6.45, 7) is 2.42. The van der Waals surface area contributed by atoms with E-state index in [2.05, 4.69) is 0 Å². The Bertz CT molecular complexity index is 477. The van der Waals surface area contributed by atoms with Gasteiger partial charge in [-0.15, -0.1) is 0 Å². The monoisotopic (exact) mass is 282 g/mol. The van der Waals surface area contributed by atoms with Gasteiger partial charge >= 0.3 is 5.51 Å². The maximum Gasteiger partial charge on any atom is 0.501 e. The Balaban J connectivity index is 2.84. The summed E-state index contributed by atoms with van der Waals surface area (Å²) in [6, 6.07) is 4.22. The van der Waals surface area contributed by atoms with Crippen molar-refractivity contribution in [1.82, 2.24) is 0 Å². The predicted octanol–water partition coefficient (Wildman–Crippen LogP) is 3.16. The van der Waals surface area contributed by atoms with Crippen LogP contribution in [0.2, 0.25) is 0 Å². The van der Waals surface area contributed by atoms with Crippen LogP contribution in [0, 0.1) is 0 Å². The number of alkyl halides is 3. The Hall–Kier alpha value is -1.24. The maximum absolute atomic E-state index is 12.2. The number of ether oxygens (including phenoxy) is 1. The van der Waals surface area contributed by atoms with Gasteiger partial charge in [0.1, 0.15) is 5.75 Å². The van der Waals surface area contributed by atoms with Gasteiger partial charge in [0, 0.05) is 0 Å². The van der Waals surface area contributed by atoms with Crippen molar-refractivity contribution >= 4 is 9.84 Å². The lowest BCUT2D eigenvalue weighted by molar-refractivity contribution is -0.0436. The van der Waals surface area contributed by atoms with Gasteiger partial charge in [0.25, 0.3) is 9.84 Å². The van der Waals surface area contributed by atoms with Crippen LogP contribution in [0.1, 0.15) is 19.8 Å². The average molecular weight is 282 g/mol. The fourth-order valence-corrected chi connectivity index (χ4v) is 1.94. The second kappa shape index (κ2) is 5.60. The van der Waals surface area contributed by atoms with Crippen LogP contribution in [0.25, 0.3) is 0 Å². The largest absolute Gasteiger partial charge is 0.501 e. The summed E-state index contributed by atoms with van der Waals surface area (Å²) in [5, 5.41) is 0. The molecule has 0 saturated carbocycles. The molecule has 0 atom stereocenters. The van der Waals surface area contributed by atoms with E-state index in [1.807, 2.05) is 6.92 Å². The zero-order valence-electron chi connectivity index (χ0n) is 9.70. The van der Waals surface area contributed by atoms with Crippen molar-refractivity contribution in [3.05, 3.63) is 24.3 Å². The smallest absolute Gasteiger partial charge is 0.494 e. The van der Waals surface area contributed by atoms with Gasteiger partial charge in [-0.2, -0.15) is 13.2 Å². The lowest BCUT2D eigenvalue weighted by atomic mass is 10.3. The zero-order valence-corrected chi connectivity index (χ0v) is 10.5. The highest BCUT2D eigenvalue weighted by Gasteiger charge is 2.46. The molecule has 0 bridgehead atoms. The van der Waals surface area contributed by atoms with Crippen LogP contribution in [-0.4, -0.2) is 20.5 Å². The highest BCUT2D eigenvalue weighted by atomic mass is 32.2. The van der Waals surface area contributed by atoms with Crippen molar-refractivity contribution < 1.29 is 26.3 Å². The van der Waals surface area contributed by atoms with Crippen LogP contribution < -0.4 is 4.74 Å². The highest BCUT2D eigenvalue weighted by molar-refractivity contribution is 7.92. The van der Waals surface area contributed by atoms with Gasteiger partial charge in [-0.05, 0) is 30.7 Å². The number of halogens is 3. The molecule has 0 aliphatic heterocycles. The molecule has 7 heteroatoms. The number of benzene rings is 1. The first-order chi connectivity index (χ1) is 8.29. The van der Waals surface area contributed by atoms with Crippen LogP contribution in [0.4, 0.5) is 13.2 Å². The molecule has 0 unspecified atom stereocenters. The van der Waals surface area contributed by atoms with E-state index >= 15 is 0 Å². The van der Waals surface area contributed by atoms with E-state index in [1.165, 1.54) is 12.1 Å². The van der Waals surface area contributed by atoms with Gasteiger partial charge in [0.05, 0.1) is 11.5 Å². The van der Waals surface area contributed by atoms with Crippen molar-refractivity contribution in [2.45, 2.75) is 30.2 Å². The first kappa shape index (κ1) is 14.8. The van der Waals surface area contributed by atoms with E-state index in [9.17, 15) is 21.6 Å². The van der Waals surface area contributed by atoms with Crippen molar-refractivity contribution in [3.8, 4) is 5.75 Å². The third-order valence-electron chi connectivity index (χ3n) is 2.21. The Morgan fingerprint density at radius 2 is 1.72 bits per heavy atom. The lowest BCUT2D eigenvalue weighted by Crippen LogP contribution is -2.23. The van der Waals surface area contributed by atoms with E-state index in [0.29, 0.717) is 12.4 Å². The Labute approximate surface area is 103 Å². The molecule has 0 aliphatic rings. The molecule has 0 radical (unpaired) electrons. The first-order valence-electron chi connectivity index (χ1n) is 5.33. The van der Waals surface area contributed by atoms with Crippen molar-refractivity contribution in [2.24, 2.45) is 0 Å². The topological polar surface area (TPSA) is 43.4 Å². The molecule has 0 spiro atoms. The minimum atomic E-state index is -5.28. The molecule has 3 nitrogen and oxygen atoms in total. The molecule has 1 aromatic carbocycles. The van der Waals surface area contributed by atoms with Gasteiger partial charge in [-0.3, -0.25) is 0 Å². The molecule has 0 N–H and O–H groups in total. The molecule has 0 amide bonds. The maximum atomic E-state index is 12.2. The van der Waals surface area contributed by atoms with Gasteiger partial charge in [0.15, 0.2) is 0 Å². The van der Waals surface area contributed by atoms with Crippen LogP contribution in [0.5, 0.6) is 5.75 Å². The van der Waals surface area contributed by atoms with Crippen LogP contribution in [0.15, 0.2) is 29.2 Å². The number of hydrogen-bond acceptors (Lipinski definition) is 3. The molecule has 0 aliphatic carbocycles. The lowest BCUT2D eigenvalue weighted by Gasteiger charge is -2.09. The SMILES string of the molecule is CCCCOc1ccc(S(=O)(=O)C(F)(F)F)cc1. The molecule has 0 saturated heterocycles. The van der Waals surface area contributed by atoms with Gasteiger partial charge in [-0.1, -0.05) is 13.3 Å². The highest BCUT2D eigenvalue weighted by Crippen LogP contribution is 2.30. The average Bonchev–Trinajstić information content (AvgIpc) is 2.28. The minimum absolute atomic E-state index is 0.351. The Kier molecular flexibility index (Phi) is 4.61. The summed E-state index contributed by atoms with van der Waals surface area (Å²) >= 11 is 0. The molecule has 1 aromatic rings. The summed E-state index contributed by atoms with van der Waals surface area (Å²) in [7, 11) is -5.27. The van der Waals surface area contributed by atoms with E-state index in [4.69, 9.17) is 4.74 Å². The second-order valence-corrected chi connectivity index (χ2v) is 5.56. The fraction of sp³-hybridized carbons (Fsp3) is 0.455. The fourth-order valence-electron chi connectivity index (χ4n) is 1.18. The van der Waals surface area contributed by atoms with Gasteiger partial charge in [0.2, 0.25) is 0 Å². The van der Waals surface area contributed by atoms with E-state index in [0.717, 1.165) is 25.0 Å². The van der Waals surface area contributed by atoms with Crippen molar-refractivity contribution in [2.75, 3.05) is 6.61 Å². The molecule has 0 aromatic heterocycles. The number of sulfone groups is 1. The zero-order chi connectivity index (χ0) is 13.8. The Morgan fingerprint density at radius 1 is 1.17 bits per heavy atom. The van der Waals surface area contributed by atoms with E-state index in [1.54, 1.807) is 0 Å². The van der Waals surface area contributed by atoms with Gasteiger partial charge in [-0.25, -0.2) is 8.42 Å². The van der Waals surface area contributed by atoms with E-state index < -0.39 is 20.2 Å². The second-order valence-electron chi connectivity index (χ2n) is 3.62. The van der Waals surface area contributed by atoms with Crippen LogP contribution in [-0.2, 0) is 9.84 Å². The summed E-state index contributed by atoms with van der Waals surface area (Å²) in [5.41, 5.74) is -5.28. The third kappa shape index (κ3) is 3.38. The third-order valence-corrected chi connectivity index (χ3v) is 3.71. The molecule has 0 fully saturated rings. The van der Waals surface area contributed by atoms with E-state index in [-0.39, 0.29) is 0 Å². The molecular weight excluding hydrogens is 269 g/mol. The quantitative estimate of drug-likeness (QED) is 0.779. The van der Waals surface area contributed by atoms with Gasteiger partial charge < -0.3 is 4.74 Å². The summed E-state index contributed by atoms with van der Waals surface area (Å²) < 4.78 is 64.1. The molecule has 0 heterocycles. The molecule has 18 heavy (non-hydrogen) atoms. The Morgan fingerprint density at radius 3 is 2.17 bits per heavy atom. The standard InChI is InChI=1S/C11H13F3O3S/c1-2-3-8-17-9-4-6-10(7-5-9)18(15,16)11(12,13)14/h4-7H,2-3,8H2,1H3. The minimum Gasteiger partial charge on any atom is -0.494 e. The molecule has 1 rings (SSSR count). The molecular formula is C11H13F3O3S. The predicted molar refractivity (Wildman–Crippen MR) is 60.1 cm³/mol. The van der Waals surface area contributed by atoms with Crippen LogP contribution >= 0.6 is 0 Å². The number of rotatable bonds is 5. The summed E-state index contributed by atoms with van der Waals surface area (Å²) in [5.74, 6) is 0.351. The van der Waals surface area contributed by atoms with Crippen molar-refractivity contribution in [3.63, 3.8) is 0 Å². The summed E-state index contributed by atoms with van der Waals surface area (Å²) in [6.07, 6.45) is 1.75. The molecule has 102 valence electrons.